The van der Waals surface area contributed by atoms with E-state index in [0.717, 1.165) is 29.9 Å². The van der Waals surface area contributed by atoms with Gasteiger partial charge in [0.25, 0.3) is 5.91 Å². The molecule has 0 aliphatic carbocycles. The van der Waals surface area contributed by atoms with Crippen molar-refractivity contribution in [3.63, 3.8) is 0 Å². The molecule has 0 atom stereocenters. The Kier molecular flexibility index (Phi) is 6.83. The zero-order valence-corrected chi connectivity index (χ0v) is 14.0. The molecule has 126 valence electrons. The fourth-order valence-electron chi connectivity index (χ4n) is 1.93. The molecule has 1 N–H and O–H groups in total. The molecule has 0 fully saturated rings. The fraction of sp³-hybridized carbons (Fsp3) is 0.263. The van der Waals surface area contributed by atoms with Crippen LogP contribution >= 0.6 is 0 Å². The number of allylic oxidation sites excluding steroid dienone is 1. The van der Waals surface area contributed by atoms with Crippen molar-refractivity contribution in [2.75, 3.05) is 6.61 Å². The maximum Gasteiger partial charge on any atom is 0.271 e. The molecule has 0 saturated carbocycles. The maximum atomic E-state index is 12.0. The van der Waals surface area contributed by atoms with E-state index in [2.05, 4.69) is 17.5 Å². The standard InChI is InChI=1S/C19H22N2O3/c1-3-4-11-23-17-9-7-16(8-10-17)19(22)21-20-14-15(2)13-18-6-5-12-24-18/h5-10,12-14H,3-4,11H2,1-2H3,(H,21,22). The lowest BCUT2D eigenvalue weighted by atomic mass is 10.2. The smallest absolute Gasteiger partial charge is 0.271 e. The van der Waals surface area contributed by atoms with Crippen molar-refractivity contribution in [2.45, 2.75) is 26.7 Å². The van der Waals surface area contributed by atoms with Gasteiger partial charge in [0.2, 0.25) is 0 Å². The summed E-state index contributed by atoms with van der Waals surface area (Å²) < 4.78 is 10.8. The SMILES string of the molecule is CCCCOc1ccc(C(=O)NN=CC(C)=Cc2ccco2)cc1. The number of hydrogen-bond acceptors (Lipinski definition) is 4. The number of ether oxygens (including phenoxy) is 1. The third-order valence-corrected chi connectivity index (χ3v) is 3.23. The van der Waals surface area contributed by atoms with Crippen molar-refractivity contribution in [1.29, 1.82) is 0 Å². The highest BCUT2D eigenvalue weighted by Crippen LogP contribution is 2.12. The number of carbonyl (C=O) groups is 1. The van der Waals surface area contributed by atoms with E-state index in [1.807, 2.05) is 25.1 Å². The van der Waals surface area contributed by atoms with Crippen molar-refractivity contribution in [3.8, 4) is 5.75 Å². The first kappa shape index (κ1) is 17.5. The Bertz CT molecular complexity index is 686. The number of carbonyl (C=O) groups excluding carboxylic acids is 1. The summed E-state index contributed by atoms with van der Waals surface area (Å²) in [7, 11) is 0. The molecular formula is C19H22N2O3. The molecule has 2 rings (SSSR count). The van der Waals surface area contributed by atoms with Crippen LogP contribution in [0, 0.1) is 0 Å². The van der Waals surface area contributed by atoms with E-state index in [9.17, 15) is 4.79 Å². The first-order chi connectivity index (χ1) is 11.7. The van der Waals surface area contributed by atoms with Gasteiger partial charge in [0.15, 0.2) is 0 Å². The van der Waals surface area contributed by atoms with Crippen LogP contribution in [0.25, 0.3) is 6.08 Å². The summed E-state index contributed by atoms with van der Waals surface area (Å²) in [5, 5.41) is 3.95. The second kappa shape index (κ2) is 9.35. The van der Waals surface area contributed by atoms with Crippen LogP contribution in [-0.4, -0.2) is 18.7 Å². The quantitative estimate of drug-likeness (QED) is 0.447. The lowest BCUT2D eigenvalue weighted by Crippen LogP contribution is -2.17. The lowest BCUT2D eigenvalue weighted by Gasteiger charge is -2.06. The minimum absolute atomic E-state index is 0.267. The number of furan rings is 1. The van der Waals surface area contributed by atoms with Crippen LogP contribution in [0.2, 0.25) is 0 Å². The number of hydrazone groups is 1. The molecule has 1 heterocycles. The van der Waals surface area contributed by atoms with Crippen molar-refractivity contribution in [2.24, 2.45) is 5.10 Å². The minimum atomic E-state index is -0.267. The van der Waals surface area contributed by atoms with Gasteiger partial charge in [-0.05, 0) is 61.4 Å². The highest BCUT2D eigenvalue weighted by Gasteiger charge is 2.04. The second-order valence-corrected chi connectivity index (χ2v) is 5.33. The van der Waals surface area contributed by atoms with Gasteiger partial charge in [-0.1, -0.05) is 13.3 Å². The van der Waals surface area contributed by atoms with E-state index >= 15 is 0 Å². The van der Waals surface area contributed by atoms with Crippen molar-refractivity contribution >= 4 is 18.2 Å². The van der Waals surface area contributed by atoms with Crippen LogP contribution in [-0.2, 0) is 0 Å². The number of benzene rings is 1. The van der Waals surface area contributed by atoms with Gasteiger partial charge in [-0.3, -0.25) is 4.79 Å². The van der Waals surface area contributed by atoms with Gasteiger partial charge in [0, 0.05) is 5.56 Å². The van der Waals surface area contributed by atoms with Gasteiger partial charge in [0.05, 0.1) is 19.1 Å². The summed E-state index contributed by atoms with van der Waals surface area (Å²) in [5.41, 5.74) is 3.90. The fourth-order valence-corrected chi connectivity index (χ4v) is 1.93. The van der Waals surface area contributed by atoms with E-state index < -0.39 is 0 Å². The predicted octanol–water partition coefficient (Wildman–Crippen LogP) is 4.28. The van der Waals surface area contributed by atoms with E-state index in [1.165, 1.54) is 0 Å². The topological polar surface area (TPSA) is 63.8 Å². The highest BCUT2D eigenvalue weighted by atomic mass is 16.5. The van der Waals surface area contributed by atoms with E-state index in [4.69, 9.17) is 9.15 Å². The molecular weight excluding hydrogens is 304 g/mol. The minimum Gasteiger partial charge on any atom is -0.494 e. The van der Waals surface area contributed by atoms with Gasteiger partial charge >= 0.3 is 0 Å². The average Bonchev–Trinajstić information content (AvgIpc) is 3.08. The molecule has 0 bridgehead atoms. The molecule has 1 aromatic heterocycles. The molecule has 0 aliphatic rings. The molecule has 5 heteroatoms. The normalized spacial score (nSPS) is 11.7. The Morgan fingerprint density at radius 1 is 1.29 bits per heavy atom. The Morgan fingerprint density at radius 2 is 2.08 bits per heavy atom. The number of hydrogen-bond donors (Lipinski definition) is 1. The summed E-state index contributed by atoms with van der Waals surface area (Å²) >= 11 is 0. The molecule has 1 aromatic carbocycles. The Hall–Kier alpha value is -2.82. The Labute approximate surface area is 142 Å². The Balaban J connectivity index is 1.84. The van der Waals surface area contributed by atoms with Gasteiger partial charge < -0.3 is 9.15 Å². The van der Waals surface area contributed by atoms with Crippen LogP contribution in [0.3, 0.4) is 0 Å². The van der Waals surface area contributed by atoms with Crippen LogP contribution in [0.1, 0.15) is 42.8 Å². The molecule has 2 aromatic rings. The monoisotopic (exact) mass is 326 g/mol. The van der Waals surface area contributed by atoms with Gasteiger partial charge in [-0.2, -0.15) is 5.10 Å². The molecule has 0 saturated heterocycles. The van der Waals surface area contributed by atoms with Crippen LogP contribution in [0.15, 0.2) is 57.8 Å². The molecule has 1 amide bonds. The summed E-state index contributed by atoms with van der Waals surface area (Å²) in [4.78, 5) is 12.0. The second-order valence-electron chi connectivity index (χ2n) is 5.33. The largest absolute Gasteiger partial charge is 0.494 e. The molecule has 24 heavy (non-hydrogen) atoms. The average molecular weight is 326 g/mol. The van der Waals surface area contributed by atoms with Gasteiger partial charge in [0.1, 0.15) is 11.5 Å². The molecule has 0 radical (unpaired) electrons. The maximum absolute atomic E-state index is 12.0. The predicted molar refractivity (Wildman–Crippen MR) is 95.2 cm³/mol. The van der Waals surface area contributed by atoms with Crippen LogP contribution in [0.4, 0.5) is 0 Å². The number of amides is 1. The number of rotatable bonds is 8. The summed E-state index contributed by atoms with van der Waals surface area (Å²) in [6.07, 6.45) is 7.11. The molecule has 0 aliphatic heterocycles. The highest BCUT2D eigenvalue weighted by molar-refractivity contribution is 5.95. The Morgan fingerprint density at radius 3 is 2.75 bits per heavy atom. The van der Waals surface area contributed by atoms with Crippen molar-refractivity contribution in [3.05, 3.63) is 59.6 Å². The summed E-state index contributed by atoms with van der Waals surface area (Å²) in [5.74, 6) is 1.24. The van der Waals surface area contributed by atoms with E-state index in [-0.39, 0.29) is 5.91 Å². The first-order valence-electron chi connectivity index (χ1n) is 7.97. The summed E-state index contributed by atoms with van der Waals surface area (Å²) in [6, 6.07) is 10.7. The third-order valence-electron chi connectivity index (χ3n) is 3.23. The molecule has 0 spiro atoms. The summed E-state index contributed by atoms with van der Waals surface area (Å²) in [6.45, 7) is 4.68. The van der Waals surface area contributed by atoms with Gasteiger partial charge in [-0.25, -0.2) is 5.43 Å². The third kappa shape index (κ3) is 5.76. The zero-order valence-electron chi connectivity index (χ0n) is 14.0. The van der Waals surface area contributed by atoms with Crippen molar-refractivity contribution < 1.29 is 13.9 Å². The number of unbranched alkanes of at least 4 members (excludes halogenated alkanes) is 1. The number of nitrogens with zero attached hydrogens (tertiary/aromatic N) is 1. The lowest BCUT2D eigenvalue weighted by molar-refractivity contribution is 0.0955. The van der Waals surface area contributed by atoms with E-state index in [1.54, 1.807) is 36.7 Å². The van der Waals surface area contributed by atoms with Crippen LogP contribution < -0.4 is 10.2 Å². The zero-order chi connectivity index (χ0) is 17.2. The molecule has 0 unspecified atom stereocenters. The number of nitrogens with one attached hydrogen (secondary N) is 1. The van der Waals surface area contributed by atoms with Crippen LogP contribution in [0.5, 0.6) is 5.75 Å². The van der Waals surface area contributed by atoms with E-state index in [0.29, 0.717) is 12.2 Å². The first-order valence-corrected chi connectivity index (χ1v) is 7.97. The van der Waals surface area contributed by atoms with Crippen molar-refractivity contribution in [1.82, 2.24) is 5.43 Å². The van der Waals surface area contributed by atoms with Gasteiger partial charge in [-0.15, -0.1) is 0 Å². The molecule has 5 nitrogen and oxygen atoms in total.